The zero-order valence-corrected chi connectivity index (χ0v) is 16.4. The van der Waals surface area contributed by atoms with Gasteiger partial charge in [-0.05, 0) is 56.5 Å². The molecule has 0 aliphatic heterocycles. The van der Waals surface area contributed by atoms with Crippen molar-refractivity contribution in [3.8, 4) is 0 Å². The van der Waals surface area contributed by atoms with Crippen LogP contribution in [0.1, 0.15) is 11.3 Å². The first-order valence-electron chi connectivity index (χ1n) is 7.37. The summed E-state index contributed by atoms with van der Waals surface area (Å²) in [6.07, 6.45) is 3.50. The molecular weight excluding hydrogens is 457 g/mol. The Kier molecular flexibility index (Phi) is 5.33. The van der Waals surface area contributed by atoms with E-state index in [2.05, 4.69) is 47.4 Å². The van der Waals surface area contributed by atoms with E-state index < -0.39 is 0 Å². The molecule has 6 nitrogen and oxygen atoms in total. The van der Waals surface area contributed by atoms with E-state index in [4.69, 9.17) is 0 Å². The van der Waals surface area contributed by atoms with Crippen molar-refractivity contribution in [1.82, 2.24) is 19.6 Å². The first-order chi connectivity index (χ1) is 11.9. The lowest BCUT2D eigenvalue weighted by Gasteiger charge is -2.04. The summed E-state index contributed by atoms with van der Waals surface area (Å²) in [6, 6.07) is 6.20. The Balaban J connectivity index is 1.65. The first-order valence-corrected chi connectivity index (χ1v) is 8.96. The maximum absolute atomic E-state index is 13.0. The summed E-state index contributed by atoms with van der Waals surface area (Å²) < 4.78 is 17.7. The number of halogens is 3. The number of aryl methyl sites for hydroxylation is 1. The highest BCUT2D eigenvalue weighted by Gasteiger charge is 2.12. The highest BCUT2D eigenvalue weighted by atomic mass is 79.9. The summed E-state index contributed by atoms with van der Waals surface area (Å²) in [6.45, 7) is 2.41. The molecule has 0 aliphatic rings. The SMILES string of the molecule is Cc1nn(CC(=O)Nc2nn(Cc3ccc(F)cc3)cc2Br)cc1Br. The van der Waals surface area contributed by atoms with Gasteiger partial charge < -0.3 is 5.32 Å². The monoisotopic (exact) mass is 469 g/mol. The molecule has 3 rings (SSSR count). The van der Waals surface area contributed by atoms with Crippen LogP contribution < -0.4 is 5.32 Å². The molecule has 0 unspecified atom stereocenters. The molecule has 0 radical (unpaired) electrons. The van der Waals surface area contributed by atoms with Gasteiger partial charge in [-0.15, -0.1) is 0 Å². The minimum absolute atomic E-state index is 0.0870. The van der Waals surface area contributed by atoms with Crippen LogP contribution in [0.15, 0.2) is 45.6 Å². The standard InChI is InChI=1S/C16H14Br2FN5O/c1-10-13(17)7-24(21-10)9-15(25)20-16-14(18)8-23(22-16)6-11-2-4-12(19)5-3-11/h2-5,7-8H,6,9H2,1H3,(H,20,22,25). The molecule has 1 N–H and O–H groups in total. The summed E-state index contributed by atoms with van der Waals surface area (Å²) in [7, 11) is 0. The van der Waals surface area contributed by atoms with Crippen molar-refractivity contribution in [2.24, 2.45) is 0 Å². The van der Waals surface area contributed by atoms with Gasteiger partial charge in [0, 0.05) is 12.4 Å². The van der Waals surface area contributed by atoms with Crippen LogP contribution >= 0.6 is 31.9 Å². The van der Waals surface area contributed by atoms with Crippen LogP contribution in [-0.4, -0.2) is 25.5 Å². The minimum Gasteiger partial charge on any atom is -0.307 e. The van der Waals surface area contributed by atoms with Gasteiger partial charge >= 0.3 is 0 Å². The van der Waals surface area contributed by atoms with Crippen LogP contribution in [0.5, 0.6) is 0 Å². The Morgan fingerprint density at radius 1 is 1.12 bits per heavy atom. The number of rotatable bonds is 5. The second-order valence-corrected chi connectivity index (χ2v) is 7.17. The lowest BCUT2D eigenvalue weighted by molar-refractivity contribution is -0.116. The number of aromatic nitrogens is 4. The number of anilines is 1. The number of carbonyl (C=O) groups is 1. The van der Waals surface area contributed by atoms with E-state index in [-0.39, 0.29) is 18.3 Å². The van der Waals surface area contributed by atoms with Gasteiger partial charge in [-0.1, -0.05) is 12.1 Å². The third-order valence-electron chi connectivity index (χ3n) is 3.42. The molecule has 0 bridgehead atoms. The predicted molar refractivity (Wildman–Crippen MR) is 98.7 cm³/mol. The Morgan fingerprint density at radius 3 is 2.44 bits per heavy atom. The molecular formula is C16H14Br2FN5O. The summed E-state index contributed by atoms with van der Waals surface area (Å²) in [5.74, 6) is -0.0865. The van der Waals surface area contributed by atoms with Gasteiger partial charge in [0.2, 0.25) is 5.91 Å². The first kappa shape index (κ1) is 17.8. The van der Waals surface area contributed by atoms with Crippen LogP contribution in [0.4, 0.5) is 10.2 Å². The largest absolute Gasteiger partial charge is 0.307 e. The molecule has 1 aromatic carbocycles. The van der Waals surface area contributed by atoms with Crippen molar-refractivity contribution in [1.29, 1.82) is 0 Å². The van der Waals surface area contributed by atoms with Crippen molar-refractivity contribution < 1.29 is 9.18 Å². The fraction of sp³-hybridized carbons (Fsp3) is 0.188. The Morgan fingerprint density at radius 2 is 1.80 bits per heavy atom. The molecule has 2 heterocycles. The van der Waals surface area contributed by atoms with Gasteiger partial charge in [0.25, 0.3) is 0 Å². The van der Waals surface area contributed by atoms with Crippen LogP contribution in [0.2, 0.25) is 0 Å². The minimum atomic E-state index is -0.279. The summed E-state index contributed by atoms with van der Waals surface area (Å²) in [4.78, 5) is 12.2. The summed E-state index contributed by atoms with van der Waals surface area (Å²) in [5.41, 5.74) is 1.73. The number of amides is 1. The highest BCUT2D eigenvalue weighted by Crippen LogP contribution is 2.21. The molecule has 130 valence electrons. The molecule has 3 aromatic rings. The van der Waals surface area contributed by atoms with Crippen LogP contribution in [0.25, 0.3) is 0 Å². The number of hydrogen-bond acceptors (Lipinski definition) is 3. The predicted octanol–water partition coefficient (Wildman–Crippen LogP) is 3.74. The third kappa shape index (κ3) is 4.55. The fourth-order valence-corrected chi connectivity index (χ4v) is 2.96. The molecule has 2 aromatic heterocycles. The molecule has 0 fully saturated rings. The topological polar surface area (TPSA) is 64.7 Å². The van der Waals surface area contributed by atoms with E-state index in [1.54, 1.807) is 33.9 Å². The average Bonchev–Trinajstić information content (AvgIpc) is 3.04. The molecule has 0 aliphatic carbocycles. The molecule has 0 saturated carbocycles. The van der Waals surface area contributed by atoms with Gasteiger partial charge in [0.1, 0.15) is 12.4 Å². The molecule has 0 spiro atoms. The van der Waals surface area contributed by atoms with Gasteiger partial charge in [0.05, 0.1) is 21.2 Å². The lowest BCUT2D eigenvalue weighted by atomic mass is 10.2. The van der Waals surface area contributed by atoms with Crippen molar-refractivity contribution in [3.05, 3.63) is 62.7 Å². The Hall–Kier alpha value is -2.00. The second-order valence-electron chi connectivity index (χ2n) is 5.46. The van der Waals surface area contributed by atoms with Crippen molar-refractivity contribution in [2.45, 2.75) is 20.0 Å². The molecule has 0 saturated heterocycles. The van der Waals surface area contributed by atoms with Crippen molar-refractivity contribution in [2.75, 3.05) is 5.32 Å². The molecule has 1 amide bonds. The van der Waals surface area contributed by atoms with E-state index in [0.717, 1.165) is 15.7 Å². The number of carbonyl (C=O) groups excluding carboxylic acids is 1. The number of hydrogen-bond donors (Lipinski definition) is 1. The summed E-state index contributed by atoms with van der Waals surface area (Å²) in [5, 5.41) is 11.3. The number of nitrogens with zero attached hydrogens (tertiary/aromatic N) is 4. The second kappa shape index (κ2) is 7.49. The molecule has 0 atom stereocenters. The number of benzene rings is 1. The molecule has 25 heavy (non-hydrogen) atoms. The van der Waals surface area contributed by atoms with E-state index in [0.29, 0.717) is 16.8 Å². The molecule has 9 heteroatoms. The lowest BCUT2D eigenvalue weighted by Crippen LogP contribution is -2.19. The third-order valence-corrected chi connectivity index (χ3v) is 4.78. The normalized spacial score (nSPS) is 10.9. The average molecular weight is 471 g/mol. The number of nitrogens with one attached hydrogen (secondary N) is 1. The smallest absolute Gasteiger partial charge is 0.247 e. The van der Waals surface area contributed by atoms with E-state index >= 15 is 0 Å². The fourth-order valence-electron chi connectivity index (χ4n) is 2.23. The van der Waals surface area contributed by atoms with Crippen LogP contribution in [0, 0.1) is 12.7 Å². The zero-order chi connectivity index (χ0) is 18.0. The van der Waals surface area contributed by atoms with Crippen molar-refractivity contribution in [3.63, 3.8) is 0 Å². The van der Waals surface area contributed by atoms with Crippen LogP contribution in [-0.2, 0) is 17.9 Å². The zero-order valence-electron chi connectivity index (χ0n) is 13.2. The van der Waals surface area contributed by atoms with E-state index in [9.17, 15) is 9.18 Å². The van der Waals surface area contributed by atoms with Gasteiger partial charge in [0.15, 0.2) is 5.82 Å². The Labute approximate surface area is 160 Å². The quantitative estimate of drug-likeness (QED) is 0.617. The summed E-state index contributed by atoms with van der Waals surface area (Å²) >= 11 is 6.75. The highest BCUT2D eigenvalue weighted by molar-refractivity contribution is 9.10. The maximum atomic E-state index is 13.0. The van der Waals surface area contributed by atoms with Crippen LogP contribution in [0.3, 0.4) is 0 Å². The van der Waals surface area contributed by atoms with Crippen molar-refractivity contribution >= 4 is 43.6 Å². The van der Waals surface area contributed by atoms with E-state index in [1.165, 1.54) is 12.1 Å². The van der Waals surface area contributed by atoms with E-state index in [1.807, 2.05) is 6.92 Å². The van der Waals surface area contributed by atoms with Gasteiger partial charge in [-0.2, -0.15) is 10.2 Å². The van der Waals surface area contributed by atoms with Gasteiger partial charge in [-0.25, -0.2) is 4.39 Å². The van der Waals surface area contributed by atoms with Gasteiger partial charge in [-0.3, -0.25) is 14.2 Å². The Bertz CT molecular complexity index is 884. The maximum Gasteiger partial charge on any atom is 0.247 e.